The molecule has 1 aromatic heterocycles. The molecule has 0 saturated heterocycles. The van der Waals surface area contributed by atoms with Gasteiger partial charge in [0.25, 0.3) is 5.91 Å². The van der Waals surface area contributed by atoms with Crippen molar-refractivity contribution in [3.63, 3.8) is 0 Å². The Morgan fingerprint density at radius 1 is 1.38 bits per heavy atom. The van der Waals surface area contributed by atoms with E-state index >= 15 is 0 Å². The third kappa shape index (κ3) is 4.88. The lowest BCUT2D eigenvalue weighted by Crippen LogP contribution is -2.25. The molecular weight excluding hydrogens is 302 g/mol. The Balaban J connectivity index is 1.92. The normalized spacial score (nSPS) is 9.96. The topological polar surface area (TPSA) is 56.1 Å². The van der Waals surface area contributed by atoms with Gasteiger partial charge in [0.05, 0.1) is 12.3 Å². The molecule has 0 aliphatic carbocycles. The third-order valence-electron chi connectivity index (χ3n) is 3.55. The molecule has 1 heterocycles. The van der Waals surface area contributed by atoms with Crippen LogP contribution in [0.1, 0.15) is 42.0 Å². The lowest BCUT2D eigenvalue weighted by Gasteiger charge is -2.08. The van der Waals surface area contributed by atoms with Crippen molar-refractivity contribution in [2.24, 2.45) is 7.05 Å². The standard InChI is InChI=1S/C19H23N3O2/c1-4-6-7-11-24-17-10-8-9-15(12-17)14-20-19(23)18-13-16(5-2)21-22(18)3/h8-10,12-13H,5,7,11,14H2,1-3H3,(H,20,23). The van der Waals surface area contributed by atoms with E-state index < -0.39 is 0 Å². The van der Waals surface area contributed by atoms with Crippen molar-refractivity contribution in [3.8, 4) is 17.6 Å². The summed E-state index contributed by atoms with van der Waals surface area (Å²) in [6, 6.07) is 9.53. The number of hydrogen-bond donors (Lipinski definition) is 1. The predicted molar refractivity (Wildman–Crippen MR) is 93.8 cm³/mol. The van der Waals surface area contributed by atoms with Crippen molar-refractivity contribution in [2.45, 2.75) is 33.2 Å². The Bertz CT molecular complexity index is 753. The maximum Gasteiger partial charge on any atom is 0.269 e. The minimum absolute atomic E-state index is 0.130. The molecular formula is C19H23N3O2. The molecule has 2 aromatic rings. The van der Waals surface area contributed by atoms with Crippen molar-refractivity contribution >= 4 is 5.91 Å². The lowest BCUT2D eigenvalue weighted by atomic mass is 10.2. The summed E-state index contributed by atoms with van der Waals surface area (Å²) in [5.74, 6) is 6.46. The van der Waals surface area contributed by atoms with Crippen LogP contribution in [0.25, 0.3) is 0 Å². The van der Waals surface area contributed by atoms with Gasteiger partial charge in [-0.2, -0.15) is 5.10 Å². The Morgan fingerprint density at radius 2 is 2.21 bits per heavy atom. The second-order valence-electron chi connectivity index (χ2n) is 5.35. The van der Waals surface area contributed by atoms with Gasteiger partial charge in [-0.15, -0.1) is 11.8 Å². The summed E-state index contributed by atoms with van der Waals surface area (Å²) in [4.78, 5) is 12.3. The van der Waals surface area contributed by atoms with Crippen LogP contribution in [0.3, 0.4) is 0 Å². The molecule has 1 N–H and O–H groups in total. The average Bonchev–Trinajstić information content (AvgIpc) is 2.98. The fourth-order valence-corrected chi connectivity index (χ4v) is 2.27. The highest BCUT2D eigenvalue weighted by Crippen LogP contribution is 2.13. The number of amides is 1. The molecule has 5 nitrogen and oxygen atoms in total. The van der Waals surface area contributed by atoms with Gasteiger partial charge in [0.2, 0.25) is 0 Å². The fraction of sp³-hybridized carbons (Fsp3) is 0.368. The summed E-state index contributed by atoms with van der Waals surface area (Å²) in [5.41, 5.74) is 2.46. The highest BCUT2D eigenvalue weighted by molar-refractivity contribution is 5.92. The van der Waals surface area contributed by atoms with Gasteiger partial charge in [-0.3, -0.25) is 9.48 Å². The molecule has 0 saturated carbocycles. The van der Waals surface area contributed by atoms with Gasteiger partial charge in [0.1, 0.15) is 11.4 Å². The molecule has 1 aromatic carbocycles. The molecule has 0 spiro atoms. The number of rotatable bonds is 7. The van der Waals surface area contributed by atoms with Crippen LogP contribution >= 0.6 is 0 Å². The van der Waals surface area contributed by atoms with Crippen LogP contribution in [-0.4, -0.2) is 22.3 Å². The SMILES string of the molecule is CC#CCCOc1cccc(CNC(=O)c2cc(CC)nn2C)c1. The number of carbonyl (C=O) groups is 1. The number of hydrogen-bond acceptors (Lipinski definition) is 3. The molecule has 0 aliphatic heterocycles. The molecule has 0 bridgehead atoms. The van der Waals surface area contributed by atoms with Gasteiger partial charge in [-0.05, 0) is 37.1 Å². The Labute approximate surface area is 143 Å². The van der Waals surface area contributed by atoms with Crippen LogP contribution in [-0.2, 0) is 20.0 Å². The van der Waals surface area contributed by atoms with E-state index in [4.69, 9.17) is 4.74 Å². The van der Waals surface area contributed by atoms with Gasteiger partial charge < -0.3 is 10.1 Å². The van der Waals surface area contributed by atoms with E-state index in [-0.39, 0.29) is 5.91 Å². The summed E-state index contributed by atoms with van der Waals surface area (Å²) in [5, 5.41) is 7.21. The zero-order valence-corrected chi connectivity index (χ0v) is 14.4. The van der Waals surface area contributed by atoms with E-state index in [1.165, 1.54) is 0 Å². The fourth-order valence-electron chi connectivity index (χ4n) is 2.27. The first kappa shape index (κ1) is 17.6. The highest BCUT2D eigenvalue weighted by atomic mass is 16.5. The Hall–Kier alpha value is -2.74. The quantitative estimate of drug-likeness (QED) is 0.629. The number of aryl methyl sites for hydroxylation is 2. The van der Waals surface area contributed by atoms with Crippen LogP contribution in [0, 0.1) is 11.8 Å². The van der Waals surface area contributed by atoms with Gasteiger partial charge in [-0.1, -0.05) is 19.1 Å². The molecule has 0 fully saturated rings. The van der Waals surface area contributed by atoms with E-state index in [2.05, 4.69) is 22.3 Å². The zero-order valence-electron chi connectivity index (χ0n) is 14.4. The smallest absolute Gasteiger partial charge is 0.269 e. The molecule has 0 unspecified atom stereocenters. The minimum atomic E-state index is -0.130. The summed E-state index contributed by atoms with van der Waals surface area (Å²) < 4.78 is 7.26. The molecule has 5 heteroatoms. The highest BCUT2D eigenvalue weighted by Gasteiger charge is 2.12. The minimum Gasteiger partial charge on any atom is -0.493 e. The number of nitrogens with zero attached hydrogens (tertiary/aromatic N) is 2. The van der Waals surface area contributed by atoms with Gasteiger partial charge >= 0.3 is 0 Å². The first-order valence-corrected chi connectivity index (χ1v) is 8.06. The third-order valence-corrected chi connectivity index (χ3v) is 3.55. The molecule has 24 heavy (non-hydrogen) atoms. The van der Waals surface area contributed by atoms with E-state index in [9.17, 15) is 4.79 Å². The van der Waals surface area contributed by atoms with Gasteiger partial charge in [0.15, 0.2) is 0 Å². The monoisotopic (exact) mass is 325 g/mol. The largest absolute Gasteiger partial charge is 0.493 e. The summed E-state index contributed by atoms with van der Waals surface area (Å²) in [6.45, 7) is 4.83. The predicted octanol–water partition coefficient (Wildman–Crippen LogP) is 2.70. The van der Waals surface area contributed by atoms with E-state index in [0.717, 1.165) is 23.4 Å². The Morgan fingerprint density at radius 3 is 2.92 bits per heavy atom. The van der Waals surface area contributed by atoms with Crippen molar-refractivity contribution in [3.05, 3.63) is 47.3 Å². The molecule has 0 radical (unpaired) electrons. The summed E-state index contributed by atoms with van der Waals surface area (Å²) in [6.07, 6.45) is 1.51. The van der Waals surface area contributed by atoms with Crippen molar-refractivity contribution in [1.29, 1.82) is 0 Å². The molecule has 1 amide bonds. The van der Waals surface area contributed by atoms with Crippen molar-refractivity contribution in [1.82, 2.24) is 15.1 Å². The maximum atomic E-state index is 12.3. The lowest BCUT2D eigenvalue weighted by molar-refractivity contribution is 0.0941. The molecule has 0 aliphatic rings. The number of aromatic nitrogens is 2. The second kappa shape index (κ2) is 8.78. The van der Waals surface area contributed by atoms with Crippen LogP contribution in [0.5, 0.6) is 5.75 Å². The van der Waals surface area contributed by atoms with E-state index in [1.54, 1.807) is 11.7 Å². The first-order valence-electron chi connectivity index (χ1n) is 8.06. The maximum absolute atomic E-state index is 12.3. The molecule has 2 rings (SSSR count). The van der Waals surface area contributed by atoms with E-state index in [1.807, 2.05) is 44.2 Å². The van der Waals surface area contributed by atoms with Crippen LogP contribution in [0.15, 0.2) is 30.3 Å². The number of carbonyl (C=O) groups excluding carboxylic acids is 1. The number of ether oxygens (including phenoxy) is 1. The molecule has 126 valence electrons. The summed E-state index contributed by atoms with van der Waals surface area (Å²) >= 11 is 0. The van der Waals surface area contributed by atoms with Crippen LogP contribution in [0.2, 0.25) is 0 Å². The van der Waals surface area contributed by atoms with Gasteiger partial charge in [-0.25, -0.2) is 0 Å². The van der Waals surface area contributed by atoms with E-state index in [0.29, 0.717) is 25.3 Å². The Kier molecular flexibility index (Phi) is 6.44. The van der Waals surface area contributed by atoms with Crippen LogP contribution in [0.4, 0.5) is 0 Å². The van der Waals surface area contributed by atoms with Crippen molar-refractivity contribution < 1.29 is 9.53 Å². The first-order chi connectivity index (χ1) is 11.6. The van der Waals surface area contributed by atoms with Gasteiger partial charge in [0, 0.05) is 20.0 Å². The zero-order chi connectivity index (χ0) is 17.4. The van der Waals surface area contributed by atoms with Crippen LogP contribution < -0.4 is 10.1 Å². The number of nitrogens with one attached hydrogen (secondary N) is 1. The summed E-state index contributed by atoms with van der Waals surface area (Å²) in [7, 11) is 1.78. The van der Waals surface area contributed by atoms with Crippen molar-refractivity contribution in [2.75, 3.05) is 6.61 Å². The second-order valence-corrected chi connectivity index (χ2v) is 5.35. The number of benzene rings is 1. The average molecular weight is 325 g/mol. The molecule has 0 atom stereocenters.